The summed E-state index contributed by atoms with van der Waals surface area (Å²) >= 11 is 0. The van der Waals surface area contributed by atoms with Gasteiger partial charge in [0.05, 0.1) is 5.69 Å². The molecule has 1 heterocycles. The number of halogens is 1. The first-order valence-electron chi connectivity index (χ1n) is 6.57. The maximum absolute atomic E-state index is 13.1. The van der Waals surface area contributed by atoms with Crippen molar-refractivity contribution in [2.24, 2.45) is 0 Å². The van der Waals surface area contributed by atoms with E-state index in [1.165, 1.54) is 6.07 Å². The van der Waals surface area contributed by atoms with Crippen LogP contribution in [0.25, 0.3) is 0 Å². The second-order valence-electron chi connectivity index (χ2n) is 6.26. The van der Waals surface area contributed by atoms with Gasteiger partial charge in [0.15, 0.2) is 0 Å². The normalized spacial score (nSPS) is 20.1. The van der Waals surface area contributed by atoms with Gasteiger partial charge in [-0.2, -0.15) is 8.42 Å². The van der Waals surface area contributed by atoms with Gasteiger partial charge in [0.25, 0.3) is 0 Å². The van der Waals surface area contributed by atoms with Crippen molar-refractivity contribution in [3.63, 3.8) is 0 Å². The number of benzene rings is 1. The number of anilines is 1. The molecule has 0 saturated carbocycles. The third-order valence-electron chi connectivity index (χ3n) is 3.62. The molecule has 1 aromatic carbocycles. The van der Waals surface area contributed by atoms with Gasteiger partial charge < -0.3 is 10.0 Å². The van der Waals surface area contributed by atoms with Gasteiger partial charge in [-0.3, -0.25) is 4.79 Å². The molecule has 0 aromatic heterocycles. The number of carbonyl (C=O) groups excluding carboxylic acids is 1. The Morgan fingerprint density at radius 2 is 1.95 bits per heavy atom. The van der Waals surface area contributed by atoms with Crippen LogP contribution < -0.4 is 4.90 Å². The van der Waals surface area contributed by atoms with Crippen molar-refractivity contribution in [3.05, 3.63) is 23.8 Å². The molecule has 1 N–H and O–H groups in total. The standard InChI is InChI=1S/C14H18FNO4S/c1-14(2,3)9-4-5-12(17)11(6-9)16-8-10(7-13(16)18)21(15,19)20/h4-6,10,17H,7-8H2,1-3H3. The fourth-order valence-electron chi connectivity index (χ4n) is 2.30. The fourth-order valence-corrected chi connectivity index (χ4v) is 2.97. The smallest absolute Gasteiger partial charge is 0.307 e. The Labute approximate surface area is 123 Å². The molecule has 1 saturated heterocycles. The average molecular weight is 315 g/mol. The first-order chi connectivity index (χ1) is 9.50. The van der Waals surface area contributed by atoms with E-state index in [0.717, 1.165) is 10.5 Å². The molecular formula is C14H18FNO4S. The predicted octanol–water partition coefficient (Wildman–Crippen LogP) is 2.09. The van der Waals surface area contributed by atoms with E-state index in [1.807, 2.05) is 20.8 Å². The Balaban J connectivity index is 2.41. The molecule has 7 heteroatoms. The van der Waals surface area contributed by atoms with Crippen LogP contribution in [0.5, 0.6) is 5.75 Å². The molecule has 0 radical (unpaired) electrons. The van der Waals surface area contributed by atoms with Crippen LogP contribution in [0.15, 0.2) is 18.2 Å². The first-order valence-corrected chi connectivity index (χ1v) is 8.02. The Kier molecular flexibility index (Phi) is 3.73. The zero-order chi connectivity index (χ0) is 16.0. The molecule has 0 aliphatic carbocycles. The molecule has 0 bridgehead atoms. The third-order valence-corrected chi connectivity index (χ3v) is 4.73. The molecule has 1 aliphatic rings. The number of hydrogen-bond donors (Lipinski definition) is 1. The van der Waals surface area contributed by atoms with E-state index < -0.39 is 27.8 Å². The number of phenolic OH excluding ortho intramolecular Hbond substituents is 1. The summed E-state index contributed by atoms with van der Waals surface area (Å²) < 4.78 is 35.0. The molecule has 1 atom stereocenters. The molecule has 21 heavy (non-hydrogen) atoms. The van der Waals surface area contributed by atoms with Gasteiger partial charge in [-0.1, -0.05) is 26.8 Å². The lowest BCUT2D eigenvalue weighted by atomic mass is 9.86. The van der Waals surface area contributed by atoms with E-state index in [1.54, 1.807) is 12.1 Å². The van der Waals surface area contributed by atoms with E-state index in [9.17, 15) is 22.2 Å². The Morgan fingerprint density at radius 1 is 1.33 bits per heavy atom. The topological polar surface area (TPSA) is 74.7 Å². The molecule has 1 aliphatic heterocycles. The monoisotopic (exact) mass is 315 g/mol. The van der Waals surface area contributed by atoms with Gasteiger partial charge in [0.1, 0.15) is 11.0 Å². The van der Waals surface area contributed by atoms with Crippen LogP contribution in [-0.2, 0) is 20.4 Å². The van der Waals surface area contributed by atoms with E-state index in [0.29, 0.717) is 0 Å². The minimum Gasteiger partial charge on any atom is -0.506 e. The number of hydrogen-bond acceptors (Lipinski definition) is 4. The summed E-state index contributed by atoms with van der Waals surface area (Å²) in [6, 6.07) is 4.84. The van der Waals surface area contributed by atoms with Gasteiger partial charge in [0, 0.05) is 13.0 Å². The largest absolute Gasteiger partial charge is 0.506 e. The Morgan fingerprint density at radius 3 is 2.43 bits per heavy atom. The summed E-state index contributed by atoms with van der Waals surface area (Å²) in [4.78, 5) is 13.1. The van der Waals surface area contributed by atoms with Crippen molar-refractivity contribution in [2.45, 2.75) is 37.9 Å². The highest BCUT2D eigenvalue weighted by Crippen LogP contribution is 2.36. The molecule has 0 spiro atoms. The molecule has 1 unspecified atom stereocenters. The zero-order valence-corrected chi connectivity index (χ0v) is 12.9. The van der Waals surface area contributed by atoms with Crippen LogP contribution in [0.1, 0.15) is 32.8 Å². The van der Waals surface area contributed by atoms with Crippen molar-refractivity contribution in [2.75, 3.05) is 11.4 Å². The van der Waals surface area contributed by atoms with Crippen LogP contribution in [0.3, 0.4) is 0 Å². The average Bonchev–Trinajstić information content (AvgIpc) is 2.70. The highest BCUT2D eigenvalue weighted by Gasteiger charge is 2.40. The molecule has 1 aromatic rings. The maximum atomic E-state index is 13.1. The van der Waals surface area contributed by atoms with Crippen molar-refractivity contribution >= 4 is 21.8 Å². The molecule has 2 rings (SSSR count). The van der Waals surface area contributed by atoms with Crippen molar-refractivity contribution in [1.82, 2.24) is 0 Å². The van der Waals surface area contributed by atoms with E-state index in [-0.39, 0.29) is 23.4 Å². The van der Waals surface area contributed by atoms with E-state index >= 15 is 0 Å². The predicted molar refractivity (Wildman–Crippen MR) is 77.6 cm³/mol. The highest BCUT2D eigenvalue weighted by molar-refractivity contribution is 7.87. The SMILES string of the molecule is CC(C)(C)c1ccc(O)c(N2CC(S(=O)(=O)F)CC2=O)c1. The van der Waals surface area contributed by atoms with Crippen LogP contribution in [-0.4, -0.2) is 31.2 Å². The van der Waals surface area contributed by atoms with Gasteiger partial charge in [0.2, 0.25) is 5.91 Å². The summed E-state index contributed by atoms with van der Waals surface area (Å²) in [5.41, 5.74) is 0.907. The number of phenols is 1. The van der Waals surface area contributed by atoms with Gasteiger partial charge >= 0.3 is 10.2 Å². The highest BCUT2D eigenvalue weighted by atomic mass is 32.3. The van der Waals surface area contributed by atoms with Crippen molar-refractivity contribution in [1.29, 1.82) is 0 Å². The zero-order valence-electron chi connectivity index (χ0n) is 12.1. The third kappa shape index (κ3) is 3.18. The van der Waals surface area contributed by atoms with Crippen molar-refractivity contribution < 1.29 is 22.2 Å². The number of nitrogens with zero attached hydrogens (tertiary/aromatic N) is 1. The fraction of sp³-hybridized carbons (Fsp3) is 0.500. The Bertz CT molecular complexity index is 679. The number of rotatable bonds is 2. The number of carbonyl (C=O) groups is 1. The number of amides is 1. The van der Waals surface area contributed by atoms with Crippen LogP contribution >= 0.6 is 0 Å². The van der Waals surface area contributed by atoms with Gasteiger partial charge in [-0.25, -0.2) is 0 Å². The summed E-state index contributed by atoms with van der Waals surface area (Å²) in [6.07, 6.45) is -0.405. The molecule has 1 amide bonds. The van der Waals surface area contributed by atoms with Gasteiger partial charge in [-0.05, 0) is 23.1 Å². The van der Waals surface area contributed by atoms with Gasteiger partial charge in [-0.15, -0.1) is 3.89 Å². The molecule has 116 valence electrons. The summed E-state index contributed by atoms with van der Waals surface area (Å²) in [5, 5.41) is 8.56. The van der Waals surface area contributed by atoms with Crippen LogP contribution in [0.4, 0.5) is 9.57 Å². The first kappa shape index (κ1) is 15.8. The summed E-state index contributed by atoms with van der Waals surface area (Å²) in [7, 11) is -4.77. The summed E-state index contributed by atoms with van der Waals surface area (Å²) in [5.74, 6) is -0.643. The van der Waals surface area contributed by atoms with Crippen molar-refractivity contribution in [3.8, 4) is 5.75 Å². The minimum atomic E-state index is -4.77. The van der Waals surface area contributed by atoms with Crippen LogP contribution in [0, 0.1) is 0 Å². The minimum absolute atomic E-state index is 0.131. The molecule has 1 fully saturated rings. The molecular weight excluding hydrogens is 297 g/mol. The maximum Gasteiger partial charge on any atom is 0.307 e. The van der Waals surface area contributed by atoms with Crippen LogP contribution in [0.2, 0.25) is 0 Å². The summed E-state index contributed by atoms with van der Waals surface area (Å²) in [6.45, 7) is 5.65. The second kappa shape index (κ2) is 4.98. The second-order valence-corrected chi connectivity index (χ2v) is 7.88. The quantitative estimate of drug-likeness (QED) is 0.848. The molecule has 5 nitrogen and oxygen atoms in total. The van der Waals surface area contributed by atoms with E-state index in [4.69, 9.17) is 0 Å². The lowest BCUT2D eigenvalue weighted by Gasteiger charge is -2.23. The number of aromatic hydroxyl groups is 1. The van der Waals surface area contributed by atoms with E-state index in [2.05, 4.69) is 0 Å². The lowest BCUT2D eigenvalue weighted by Crippen LogP contribution is -2.27. The lowest BCUT2D eigenvalue weighted by molar-refractivity contribution is -0.117. The Hall–Kier alpha value is -1.63.